The molecule has 0 bridgehead atoms. The molecule has 1 fully saturated rings. The van der Waals surface area contributed by atoms with E-state index >= 15 is 0 Å². The number of nitrogens with zero attached hydrogens (tertiary/aromatic N) is 3. The van der Waals surface area contributed by atoms with Crippen LogP contribution < -0.4 is 14.2 Å². The number of thioether (sulfide) groups is 1. The van der Waals surface area contributed by atoms with E-state index in [1.54, 1.807) is 19.1 Å². The molecule has 0 atom stereocenters. The van der Waals surface area contributed by atoms with Crippen molar-refractivity contribution in [1.82, 2.24) is 14.7 Å². The van der Waals surface area contributed by atoms with Crippen molar-refractivity contribution in [3.8, 4) is 34.2 Å². The van der Waals surface area contributed by atoms with Crippen LogP contribution in [0.5, 0.6) is 17.2 Å². The van der Waals surface area contributed by atoms with Gasteiger partial charge in [-0.15, -0.1) is 0 Å². The Labute approximate surface area is 272 Å². The summed E-state index contributed by atoms with van der Waals surface area (Å²) in [5.74, 6) is 1.96. The van der Waals surface area contributed by atoms with Crippen molar-refractivity contribution in [3.63, 3.8) is 0 Å². The molecule has 7 nitrogen and oxygen atoms in total. The van der Waals surface area contributed by atoms with E-state index in [-0.39, 0.29) is 5.91 Å². The third-order valence-corrected chi connectivity index (χ3v) is 8.75. The quantitative estimate of drug-likeness (QED) is 0.110. The fraction of sp³-hybridized carbons (Fsp3) is 0.139. The highest BCUT2D eigenvalue weighted by Crippen LogP contribution is 2.36. The highest BCUT2D eigenvalue weighted by Gasteiger charge is 2.32. The molecule has 0 radical (unpaired) electrons. The van der Waals surface area contributed by atoms with Gasteiger partial charge < -0.3 is 14.2 Å². The van der Waals surface area contributed by atoms with Gasteiger partial charge in [0.1, 0.15) is 16.7 Å². The van der Waals surface area contributed by atoms with Gasteiger partial charge in [0.2, 0.25) is 0 Å². The highest BCUT2D eigenvalue weighted by molar-refractivity contribution is 8.26. The van der Waals surface area contributed by atoms with E-state index in [0.29, 0.717) is 40.3 Å². The van der Waals surface area contributed by atoms with Crippen LogP contribution in [-0.4, -0.2) is 45.7 Å². The number of carbonyl (C=O) groups is 1. The summed E-state index contributed by atoms with van der Waals surface area (Å²) in [6.45, 7) is 0.944. The topological polar surface area (TPSA) is 65.8 Å². The summed E-state index contributed by atoms with van der Waals surface area (Å²) in [5.41, 5.74) is 5.52. The number of methoxy groups -OCH3 is 2. The van der Waals surface area contributed by atoms with Gasteiger partial charge in [0.15, 0.2) is 11.5 Å². The van der Waals surface area contributed by atoms with Crippen LogP contribution in [0.1, 0.15) is 16.7 Å². The summed E-state index contributed by atoms with van der Waals surface area (Å²) in [6.07, 6.45) is 4.45. The second-order valence-electron chi connectivity index (χ2n) is 10.3. The third kappa shape index (κ3) is 6.95. The van der Waals surface area contributed by atoms with Crippen molar-refractivity contribution in [2.24, 2.45) is 0 Å². The molecule has 1 amide bonds. The van der Waals surface area contributed by atoms with E-state index in [9.17, 15) is 4.79 Å². The van der Waals surface area contributed by atoms with Gasteiger partial charge >= 0.3 is 0 Å². The molecule has 0 spiro atoms. The fourth-order valence-corrected chi connectivity index (χ4v) is 6.29. The largest absolute Gasteiger partial charge is 0.493 e. The van der Waals surface area contributed by atoms with E-state index in [1.165, 1.54) is 11.8 Å². The summed E-state index contributed by atoms with van der Waals surface area (Å²) in [5, 5.41) is 4.93. The number of aromatic nitrogens is 2. The fourth-order valence-electron chi connectivity index (χ4n) is 4.99. The number of rotatable bonds is 11. The summed E-state index contributed by atoms with van der Waals surface area (Å²) in [6, 6.07) is 33.6. The first-order valence-electron chi connectivity index (χ1n) is 14.4. The lowest BCUT2D eigenvalue weighted by Gasteiger charge is -2.15. The van der Waals surface area contributed by atoms with Gasteiger partial charge in [-0.25, -0.2) is 4.68 Å². The molecule has 4 aromatic carbocycles. The number of hydrogen-bond acceptors (Lipinski definition) is 7. The monoisotopic (exact) mass is 633 g/mol. The van der Waals surface area contributed by atoms with E-state index in [0.717, 1.165) is 39.4 Å². The van der Waals surface area contributed by atoms with E-state index in [2.05, 4.69) is 0 Å². The van der Waals surface area contributed by atoms with E-state index in [4.69, 9.17) is 31.5 Å². The number of thiocarbonyl (C=S) groups is 1. The van der Waals surface area contributed by atoms with Gasteiger partial charge in [0, 0.05) is 23.9 Å². The molecule has 2 heterocycles. The predicted octanol–water partition coefficient (Wildman–Crippen LogP) is 7.58. The van der Waals surface area contributed by atoms with E-state index < -0.39 is 0 Å². The van der Waals surface area contributed by atoms with Crippen LogP contribution in [0.4, 0.5) is 0 Å². The van der Waals surface area contributed by atoms with E-state index in [1.807, 2.05) is 120 Å². The van der Waals surface area contributed by atoms with Crippen LogP contribution in [-0.2, 0) is 17.8 Å². The number of para-hydroxylation sites is 1. The molecular formula is C36H31N3O4S2. The molecule has 9 heteroatoms. The highest BCUT2D eigenvalue weighted by atomic mass is 32.2. The standard InChI is InChI=1S/C36H31N3O4S2/c1-41-31-18-13-25(21-32(31)42-2)19-20-38-35(40)33(45-36(38)44)22-28-23-39(29-11-7-4-8-12-29)37-34(28)27-14-16-30(17-15-27)43-24-26-9-5-3-6-10-26/h3-18,21-23H,19-20,24H2,1-2H3/b33-22-. The third-order valence-electron chi connectivity index (χ3n) is 7.37. The Hall–Kier alpha value is -4.86. The summed E-state index contributed by atoms with van der Waals surface area (Å²) >= 11 is 6.95. The molecule has 0 saturated carbocycles. The average Bonchev–Trinajstić information content (AvgIpc) is 3.63. The zero-order chi connectivity index (χ0) is 31.2. The van der Waals surface area contributed by atoms with Gasteiger partial charge in [-0.05, 0) is 72.2 Å². The minimum Gasteiger partial charge on any atom is -0.493 e. The molecule has 1 aliphatic heterocycles. The number of ether oxygens (including phenoxy) is 3. The first-order valence-corrected chi connectivity index (χ1v) is 15.6. The Bertz CT molecular complexity index is 1840. The normalized spacial score (nSPS) is 13.8. The second-order valence-corrected chi connectivity index (χ2v) is 12.0. The van der Waals surface area contributed by atoms with Crippen molar-refractivity contribution >= 4 is 40.3 Å². The molecule has 1 saturated heterocycles. The zero-order valence-electron chi connectivity index (χ0n) is 24.9. The van der Waals surface area contributed by atoms with Crippen LogP contribution in [0.2, 0.25) is 0 Å². The Balaban J connectivity index is 1.24. The molecule has 0 aliphatic carbocycles. The first-order chi connectivity index (χ1) is 22.0. The van der Waals surface area contributed by atoms with Crippen molar-refractivity contribution < 1.29 is 19.0 Å². The van der Waals surface area contributed by atoms with Gasteiger partial charge in [0.05, 0.1) is 30.5 Å². The Morgan fingerprint density at radius 3 is 2.27 bits per heavy atom. The molecular weight excluding hydrogens is 603 g/mol. The lowest BCUT2D eigenvalue weighted by molar-refractivity contribution is -0.122. The number of carbonyl (C=O) groups excluding carboxylic acids is 1. The molecule has 45 heavy (non-hydrogen) atoms. The number of benzene rings is 4. The molecule has 226 valence electrons. The van der Waals surface area contributed by atoms with Crippen molar-refractivity contribution in [1.29, 1.82) is 0 Å². The maximum Gasteiger partial charge on any atom is 0.266 e. The maximum absolute atomic E-state index is 13.6. The Morgan fingerprint density at radius 1 is 0.844 bits per heavy atom. The predicted molar refractivity (Wildman–Crippen MR) is 183 cm³/mol. The van der Waals surface area contributed by atoms with Crippen molar-refractivity contribution in [2.45, 2.75) is 13.0 Å². The molecule has 1 aromatic heterocycles. The molecule has 6 rings (SSSR count). The van der Waals surface area contributed by atoms with Gasteiger partial charge in [-0.3, -0.25) is 9.69 Å². The van der Waals surface area contributed by atoms with Crippen LogP contribution in [0.3, 0.4) is 0 Å². The molecule has 0 unspecified atom stereocenters. The summed E-state index contributed by atoms with van der Waals surface area (Å²) in [4.78, 5) is 15.8. The van der Waals surface area contributed by atoms with Crippen molar-refractivity contribution in [3.05, 3.63) is 131 Å². The average molecular weight is 634 g/mol. The second kappa shape index (κ2) is 13.8. The Kier molecular flexibility index (Phi) is 9.28. The Morgan fingerprint density at radius 2 is 1.56 bits per heavy atom. The SMILES string of the molecule is COc1ccc(CCN2C(=O)/C(=C/c3cn(-c4ccccc4)nc3-c3ccc(OCc4ccccc4)cc3)SC2=S)cc1OC. The van der Waals surface area contributed by atoms with Crippen LogP contribution in [0.25, 0.3) is 23.0 Å². The summed E-state index contributed by atoms with van der Waals surface area (Å²) in [7, 11) is 3.21. The maximum atomic E-state index is 13.6. The molecule has 1 aliphatic rings. The number of amides is 1. The zero-order valence-corrected chi connectivity index (χ0v) is 26.5. The minimum atomic E-state index is -0.117. The lowest BCUT2D eigenvalue weighted by Crippen LogP contribution is -2.30. The van der Waals surface area contributed by atoms with Crippen LogP contribution in [0.15, 0.2) is 114 Å². The first kappa shape index (κ1) is 30.2. The molecule has 0 N–H and O–H groups in total. The van der Waals surface area contributed by atoms with Crippen molar-refractivity contribution in [2.75, 3.05) is 20.8 Å². The molecule has 5 aromatic rings. The minimum absolute atomic E-state index is 0.117. The van der Waals surface area contributed by atoms with Crippen LogP contribution >= 0.6 is 24.0 Å². The lowest BCUT2D eigenvalue weighted by atomic mass is 10.1. The van der Waals surface area contributed by atoms with Gasteiger partial charge in [-0.2, -0.15) is 5.10 Å². The van der Waals surface area contributed by atoms with Crippen LogP contribution in [0, 0.1) is 0 Å². The van der Waals surface area contributed by atoms with Gasteiger partial charge in [0.25, 0.3) is 5.91 Å². The summed E-state index contributed by atoms with van der Waals surface area (Å²) < 4.78 is 19.1. The van der Waals surface area contributed by atoms with Gasteiger partial charge in [-0.1, -0.05) is 78.6 Å². The number of hydrogen-bond donors (Lipinski definition) is 0. The smallest absolute Gasteiger partial charge is 0.266 e.